The molecule has 4 heteroatoms. The predicted octanol–water partition coefficient (Wildman–Crippen LogP) is 2.33. The molecule has 0 heterocycles. The lowest BCUT2D eigenvalue weighted by Gasteiger charge is -2.19. The summed E-state index contributed by atoms with van der Waals surface area (Å²) in [4.78, 5) is 22.9. The molecule has 0 bridgehead atoms. The standard InChI is InChI=1S/C15H17NO3/c1-15(2,3)11-7-5-10(6-8-11)12(9-16)13(17)14(18)19-4/h5-8,12H,1-4H3. The number of ketones is 1. The summed E-state index contributed by atoms with van der Waals surface area (Å²) in [6.45, 7) is 6.22. The lowest BCUT2D eigenvalue weighted by molar-refractivity contribution is -0.151. The first kappa shape index (κ1) is 14.9. The lowest BCUT2D eigenvalue weighted by Crippen LogP contribution is -2.22. The molecular weight excluding hydrogens is 242 g/mol. The van der Waals surface area contributed by atoms with Crippen LogP contribution in [0.2, 0.25) is 0 Å². The molecule has 0 fully saturated rings. The molecule has 100 valence electrons. The summed E-state index contributed by atoms with van der Waals surface area (Å²) in [6.07, 6.45) is 0. The van der Waals surface area contributed by atoms with E-state index < -0.39 is 17.7 Å². The Morgan fingerprint density at radius 3 is 2.11 bits per heavy atom. The van der Waals surface area contributed by atoms with Crippen LogP contribution in [-0.4, -0.2) is 18.9 Å². The molecule has 19 heavy (non-hydrogen) atoms. The molecule has 0 spiro atoms. The second-order valence-corrected chi connectivity index (χ2v) is 5.29. The lowest BCUT2D eigenvalue weighted by atomic mass is 9.85. The molecular formula is C15H17NO3. The summed E-state index contributed by atoms with van der Waals surface area (Å²) in [5.74, 6) is -2.94. The fourth-order valence-corrected chi connectivity index (χ4v) is 1.68. The molecule has 1 atom stereocenters. The Bertz CT molecular complexity index is 518. The first-order valence-corrected chi connectivity index (χ1v) is 5.93. The highest BCUT2D eigenvalue weighted by Crippen LogP contribution is 2.25. The second-order valence-electron chi connectivity index (χ2n) is 5.29. The minimum absolute atomic E-state index is 0.00692. The number of hydrogen-bond donors (Lipinski definition) is 0. The number of nitriles is 1. The van der Waals surface area contributed by atoms with Gasteiger partial charge in [0.2, 0.25) is 0 Å². The minimum Gasteiger partial charge on any atom is -0.463 e. The van der Waals surface area contributed by atoms with Gasteiger partial charge in [0, 0.05) is 0 Å². The van der Waals surface area contributed by atoms with Gasteiger partial charge in [0.1, 0.15) is 5.92 Å². The molecule has 0 N–H and O–H groups in total. The number of ether oxygens (including phenoxy) is 1. The minimum atomic E-state index is -1.11. The van der Waals surface area contributed by atoms with Gasteiger partial charge in [0.25, 0.3) is 5.78 Å². The van der Waals surface area contributed by atoms with Crippen molar-refractivity contribution in [3.05, 3.63) is 35.4 Å². The Kier molecular flexibility index (Phi) is 4.44. The third-order valence-electron chi connectivity index (χ3n) is 2.89. The molecule has 0 radical (unpaired) electrons. The number of esters is 1. The first-order valence-electron chi connectivity index (χ1n) is 5.93. The van der Waals surface area contributed by atoms with Crippen molar-refractivity contribution in [2.45, 2.75) is 32.1 Å². The summed E-state index contributed by atoms with van der Waals surface area (Å²) in [6, 6.07) is 8.98. The molecule has 4 nitrogen and oxygen atoms in total. The van der Waals surface area contributed by atoms with E-state index in [4.69, 9.17) is 5.26 Å². The third kappa shape index (κ3) is 3.41. The van der Waals surface area contributed by atoms with Crippen LogP contribution in [0.5, 0.6) is 0 Å². The van der Waals surface area contributed by atoms with Crippen LogP contribution in [0, 0.1) is 11.3 Å². The van der Waals surface area contributed by atoms with Crippen molar-refractivity contribution in [1.29, 1.82) is 5.26 Å². The molecule has 0 saturated carbocycles. The molecule has 0 aliphatic rings. The van der Waals surface area contributed by atoms with E-state index in [0.717, 1.165) is 12.7 Å². The van der Waals surface area contributed by atoms with E-state index in [1.165, 1.54) is 0 Å². The smallest absolute Gasteiger partial charge is 0.376 e. The largest absolute Gasteiger partial charge is 0.463 e. The number of rotatable bonds is 3. The van der Waals surface area contributed by atoms with Crippen molar-refractivity contribution >= 4 is 11.8 Å². The topological polar surface area (TPSA) is 67.2 Å². The van der Waals surface area contributed by atoms with Crippen molar-refractivity contribution < 1.29 is 14.3 Å². The average molecular weight is 259 g/mol. The molecule has 1 aromatic carbocycles. The van der Waals surface area contributed by atoms with Crippen molar-refractivity contribution in [3.63, 3.8) is 0 Å². The third-order valence-corrected chi connectivity index (χ3v) is 2.89. The van der Waals surface area contributed by atoms with Crippen molar-refractivity contribution in [1.82, 2.24) is 0 Å². The van der Waals surface area contributed by atoms with Crippen LogP contribution in [-0.2, 0) is 19.7 Å². The summed E-state index contributed by atoms with van der Waals surface area (Å²) < 4.78 is 4.35. The van der Waals surface area contributed by atoms with Gasteiger partial charge in [-0.25, -0.2) is 4.79 Å². The molecule has 1 unspecified atom stereocenters. The van der Waals surface area contributed by atoms with Gasteiger partial charge >= 0.3 is 5.97 Å². The van der Waals surface area contributed by atoms with Gasteiger partial charge in [0.05, 0.1) is 13.2 Å². The summed E-state index contributed by atoms with van der Waals surface area (Å²) in [5, 5.41) is 9.04. The average Bonchev–Trinajstić information content (AvgIpc) is 2.38. The van der Waals surface area contributed by atoms with E-state index in [0.29, 0.717) is 5.56 Å². The second kappa shape index (κ2) is 5.66. The highest BCUT2D eigenvalue weighted by molar-refractivity contribution is 6.36. The fourth-order valence-electron chi connectivity index (χ4n) is 1.68. The van der Waals surface area contributed by atoms with Crippen LogP contribution in [0.3, 0.4) is 0 Å². The van der Waals surface area contributed by atoms with E-state index in [-0.39, 0.29) is 5.41 Å². The zero-order chi connectivity index (χ0) is 14.6. The summed E-state index contributed by atoms with van der Waals surface area (Å²) >= 11 is 0. The monoisotopic (exact) mass is 259 g/mol. The van der Waals surface area contributed by atoms with Crippen LogP contribution in [0.15, 0.2) is 24.3 Å². The number of nitrogens with zero attached hydrogens (tertiary/aromatic N) is 1. The van der Waals surface area contributed by atoms with Gasteiger partial charge in [-0.05, 0) is 16.5 Å². The maximum Gasteiger partial charge on any atom is 0.376 e. The highest BCUT2D eigenvalue weighted by atomic mass is 16.5. The van der Waals surface area contributed by atoms with Crippen LogP contribution in [0.1, 0.15) is 37.8 Å². The van der Waals surface area contributed by atoms with E-state index in [9.17, 15) is 9.59 Å². The Labute approximate surface area is 113 Å². The van der Waals surface area contributed by atoms with Crippen LogP contribution in [0.25, 0.3) is 0 Å². The Morgan fingerprint density at radius 1 is 1.21 bits per heavy atom. The van der Waals surface area contributed by atoms with Gasteiger partial charge in [-0.1, -0.05) is 45.0 Å². The number of carbonyl (C=O) groups excluding carboxylic acids is 2. The highest BCUT2D eigenvalue weighted by Gasteiger charge is 2.27. The number of carbonyl (C=O) groups is 2. The summed E-state index contributed by atoms with van der Waals surface area (Å²) in [5.41, 5.74) is 1.59. The quantitative estimate of drug-likeness (QED) is 0.617. The molecule has 1 rings (SSSR count). The van der Waals surface area contributed by atoms with Gasteiger partial charge in [-0.15, -0.1) is 0 Å². The van der Waals surface area contributed by atoms with E-state index in [1.807, 2.05) is 18.2 Å². The molecule has 0 saturated heterocycles. The number of methoxy groups -OCH3 is 1. The summed E-state index contributed by atoms with van der Waals surface area (Å²) in [7, 11) is 1.12. The Morgan fingerprint density at radius 2 is 1.74 bits per heavy atom. The van der Waals surface area contributed by atoms with Crippen LogP contribution >= 0.6 is 0 Å². The first-order chi connectivity index (χ1) is 8.81. The Hall–Kier alpha value is -2.15. The molecule has 0 amide bonds. The van der Waals surface area contributed by atoms with Gasteiger partial charge < -0.3 is 4.74 Å². The number of hydrogen-bond acceptors (Lipinski definition) is 4. The van der Waals surface area contributed by atoms with E-state index >= 15 is 0 Å². The Balaban J connectivity index is 3.05. The number of benzene rings is 1. The maximum absolute atomic E-state index is 11.7. The molecule has 0 aromatic heterocycles. The zero-order valence-corrected chi connectivity index (χ0v) is 11.6. The van der Waals surface area contributed by atoms with Crippen LogP contribution in [0.4, 0.5) is 0 Å². The maximum atomic E-state index is 11.7. The van der Waals surface area contributed by atoms with Crippen molar-refractivity contribution in [3.8, 4) is 6.07 Å². The van der Waals surface area contributed by atoms with Gasteiger partial charge in [0.15, 0.2) is 0 Å². The van der Waals surface area contributed by atoms with Crippen molar-refractivity contribution in [2.24, 2.45) is 0 Å². The van der Waals surface area contributed by atoms with Gasteiger partial charge in [-0.3, -0.25) is 4.79 Å². The van der Waals surface area contributed by atoms with E-state index in [1.54, 1.807) is 12.1 Å². The molecule has 1 aromatic rings. The van der Waals surface area contributed by atoms with Crippen LogP contribution < -0.4 is 0 Å². The van der Waals surface area contributed by atoms with Crippen molar-refractivity contribution in [2.75, 3.05) is 7.11 Å². The normalized spacial score (nSPS) is 12.4. The molecule has 0 aliphatic heterocycles. The SMILES string of the molecule is COC(=O)C(=O)C(C#N)c1ccc(C(C)(C)C)cc1. The van der Waals surface area contributed by atoms with Gasteiger partial charge in [-0.2, -0.15) is 5.26 Å². The number of Topliss-reactive ketones (excluding diaryl/α,β-unsaturated/α-hetero) is 1. The zero-order valence-electron chi connectivity index (χ0n) is 11.6. The van der Waals surface area contributed by atoms with E-state index in [2.05, 4.69) is 25.5 Å². The molecule has 0 aliphatic carbocycles. The predicted molar refractivity (Wildman–Crippen MR) is 70.5 cm³/mol. The fraction of sp³-hybridized carbons (Fsp3) is 0.400.